The van der Waals surface area contributed by atoms with E-state index in [1.165, 1.54) is 36.6 Å². The number of anilines is 1. The van der Waals surface area contributed by atoms with Crippen LogP contribution in [-0.4, -0.2) is 38.8 Å². The predicted octanol–water partition coefficient (Wildman–Crippen LogP) is 4.70. The number of carbonyl (C=O) groups is 1. The van der Waals surface area contributed by atoms with Crippen molar-refractivity contribution in [3.8, 4) is 0 Å². The van der Waals surface area contributed by atoms with Crippen LogP contribution in [0, 0.1) is 5.82 Å². The Morgan fingerprint density at radius 1 is 1.23 bits per heavy atom. The predicted molar refractivity (Wildman–Crippen MR) is 120 cm³/mol. The van der Waals surface area contributed by atoms with Crippen molar-refractivity contribution in [2.24, 2.45) is 0 Å². The zero-order chi connectivity index (χ0) is 25.3. The Labute approximate surface area is 197 Å². The standard InChI is InChI=1S/C24H21F4N5O2/c1-23(2)15-6-12(24(26,27)28)4-5-13(15)20(10-35-23)32(3)22(34)14-7-18-17(8-16(14)25)31-21(29)19-9-30-11-33(18)19/h4-9,11,20H,10H2,1-3H3,(H2,29,31)/t20-/m0/s1. The number of alkyl halides is 3. The van der Waals surface area contributed by atoms with E-state index in [2.05, 4.69) is 9.97 Å². The summed E-state index contributed by atoms with van der Waals surface area (Å²) in [6, 6.07) is 5.15. The third-order valence-corrected chi connectivity index (χ3v) is 6.47. The molecule has 7 nitrogen and oxygen atoms in total. The summed E-state index contributed by atoms with van der Waals surface area (Å²) in [4.78, 5) is 22.9. The van der Waals surface area contributed by atoms with Gasteiger partial charge < -0.3 is 15.4 Å². The van der Waals surface area contributed by atoms with Gasteiger partial charge in [-0.25, -0.2) is 14.4 Å². The Morgan fingerprint density at radius 3 is 2.69 bits per heavy atom. The fourth-order valence-corrected chi connectivity index (χ4v) is 4.51. The van der Waals surface area contributed by atoms with E-state index in [-0.39, 0.29) is 23.5 Å². The van der Waals surface area contributed by atoms with E-state index in [9.17, 15) is 18.0 Å². The van der Waals surface area contributed by atoms with Crippen molar-refractivity contribution in [3.05, 3.63) is 70.9 Å². The molecule has 2 aromatic heterocycles. The summed E-state index contributed by atoms with van der Waals surface area (Å²) in [7, 11) is 1.47. The van der Waals surface area contributed by atoms with Crippen LogP contribution in [0.1, 0.15) is 46.9 Å². The topological polar surface area (TPSA) is 85.8 Å². The van der Waals surface area contributed by atoms with Gasteiger partial charge >= 0.3 is 6.18 Å². The largest absolute Gasteiger partial charge is 0.416 e. The molecule has 0 radical (unpaired) electrons. The molecule has 2 aromatic carbocycles. The first kappa shape index (κ1) is 23.0. The summed E-state index contributed by atoms with van der Waals surface area (Å²) in [6.45, 7) is 3.37. The number of rotatable bonds is 2. The maximum absolute atomic E-state index is 15.0. The van der Waals surface area contributed by atoms with E-state index in [1.807, 2.05) is 0 Å². The number of hydrogen-bond acceptors (Lipinski definition) is 5. The van der Waals surface area contributed by atoms with Gasteiger partial charge in [0, 0.05) is 13.1 Å². The molecule has 0 aliphatic carbocycles. The molecule has 0 unspecified atom stereocenters. The molecule has 182 valence electrons. The Bertz CT molecular complexity index is 1500. The quantitative estimate of drug-likeness (QED) is 0.414. The van der Waals surface area contributed by atoms with Crippen molar-refractivity contribution in [3.63, 3.8) is 0 Å². The maximum atomic E-state index is 15.0. The zero-order valence-corrected chi connectivity index (χ0v) is 19.0. The van der Waals surface area contributed by atoms with E-state index in [1.54, 1.807) is 18.2 Å². The van der Waals surface area contributed by atoms with E-state index < -0.39 is 35.1 Å². The molecule has 2 N–H and O–H groups in total. The van der Waals surface area contributed by atoms with Crippen LogP contribution in [0.5, 0.6) is 0 Å². The van der Waals surface area contributed by atoms with Crippen LogP contribution < -0.4 is 5.73 Å². The highest BCUT2D eigenvalue weighted by Gasteiger charge is 2.40. The van der Waals surface area contributed by atoms with Gasteiger partial charge in [-0.15, -0.1) is 0 Å². The lowest BCUT2D eigenvalue weighted by Crippen LogP contribution is -2.41. The smallest absolute Gasteiger partial charge is 0.382 e. The summed E-state index contributed by atoms with van der Waals surface area (Å²) < 4.78 is 62.5. The third kappa shape index (κ3) is 3.66. The number of benzene rings is 2. The van der Waals surface area contributed by atoms with Crippen LogP contribution in [-0.2, 0) is 16.5 Å². The number of imidazole rings is 1. The molecule has 5 rings (SSSR count). The number of ether oxygens (including phenoxy) is 1. The molecule has 0 bridgehead atoms. The first-order valence-corrected chi connectivity index (χ1v) is 10.7. The second-order valence-corrected chi connectivity index (χ2v) is 9.02. The lowest BCUT2D eigenvalue weighted by Gasteiger charge is -2.41. The number of hydrogen-bond donors (Lipinski definition) is 1. The zero-order valence-electron chi connectivity index (χ0n) is 19.0. The van der Waals surface area contributed by atoms with Gasteiger partial charge in [-0.3, -0.25) is 9.20 Å². The van der Waals surface area contributed by atoms with Gasteiger partial charge in [-0.2, -0.15) is 13.2 Å². The first-order chi connectivity index (χ1) is 16.4. The van der Waals surface area contributed by atoms with Crippen LogP contribution in [0.3, 0.4) is 0 Å². The van der Waals surface area contributed by atoms with Gasteiger partial charge in [0.05, 0.1) is 52.9 Å². The molecule has 11 heteroatoms. The molecule has 0 saturated carbocycles. The van der Waals surface area contributed by atoms with Gasteiger partial charge in [-0.05, 0) is 43.2 Å². The van der Waals surface area contributed by atoms with Gasteiger partial charge in [0.1, 0.15) is 17.2 Å². The van der Waals surface area contributed by atoms with Crippen LogP contribution in [0.2, 0.25) is 0 Å². The molecule has 0 saturated heterocycles. The summed E-state index contributed by atoms with van der Waals surface area (Å²) in [5.74, 6) is -1.29. The Hall–Kier alpha value is -3.73. The molecule has 1 atom stereocenters. The number of likely N-dealkylation sites (N-methyl/N-ethyl adjacent to an activating group) is 1. The van der Waals surface area contributed by atoms with Crippen molar-refractivity contribution in [2.75, 3.05) is 19.4 Å². The minimum atomic E-state index is -4.52. The van der Waals surface area contributed by atoms with Crippen molar-refractivity contribution >= 4 is 28.3 Å². The highest BCUT2D eigenvalue weighted by molar-refractivity contribution is 5.98. The average Bonchev–Trinajstić information content (AvgIpc) is 3.28. The fraction of sp³-hybridized carbons (Fsp3) is 0.292. The SMILES string of the molecule is CN(C(=O)c1cc2c(cc1F)nc(N)c1cncn12)[C@H]1COC(C)(C)c2cc(C(F)(F)F)ccc21. The monoisotopic (exact) mass is 487 g/mol. The third-order valence-electron chi connectivity index (χ3n) is 6.47. The Balaban J connectivity index is 1.57. The lowest BCUT2D eigenvalue weighted by atomic mass is 9.85. The second kappa shape index (κ2) is 7.64. The van der Waals surface area contributed by atoms with Crippen LogP contribution in [0.4, 0.5) is 23.4 Å². The van der Waals surface area contributed by atoms with Gasteiger partial charge in [0.25, 0.3) is 5.91 Å². The normalized spacial score (nSPS) is 17.5. The Morgan fingerprint density at radius 2 is 1.97 bits per heavy atom. The van der Waals surface area contributed by atoms with E-state index >= 15 is 4.39 Å². The minimum absolute atomic E-state index is 0.0344. The van der Waals surface area contributed by atoms with Crippen molar-refractivity contribution in [1.29, 1.82) is 0 Å². The number of nitrogen functional groups attached to an aromatic ring is 1. The number of amides is 1. The number of halogens is 4. The molecule has 4 aromatic rings. The molecule has 35 heavy (non-hydrogen) atoms. The van der Waals surface area contributed by atoms with Crippen LogP contribution >= 0.6 is 0 Å². The molecular formula is C24H21F4N5O2. The van der Waals surface area contributed by atoms with Gasteiger partial charge in [0.15, 0.2) is 0 Å². The number of nitrogens with two attached hydrogens (primary N) is 1. The molecule has 1 amide bonds. The van der Waals surface area contributed by atoms with Crippen LogP contribution in [0.25, 0.3) is 16.6 Å². The molecule has 0 spiro atoms. The summed E-state index contributed by atoms with van der Waals surface area (Å²) in [6.07, 6.45) is -1.53. The summed E-state index contributed by atoms with van der Waals surface area (Å²) in [5, 5.41) is 0. The maximum Gasteiger partial charge on any atom is 0.416 e. The molecule has 3 heterocycles. The van der Waals surface area contributed by atoms with Crippen molar-refractivity contribution < 1.29 is 27.1 Å². The summed E-state index contributed by atoms with van der Waals surface area (Å²) in [5.41, 5.74) is 5.91. The molecular weight excluding hydrogens is 466 g/mol. The lowest BCUT2D eigenvalue weighted by molar-refractivity contribution is -0.138. The van der Waals surface area contributed by atoms with E-state index in [0.29, 0.717) is 22.2 Å². The van der Waals surface area contributed by atoms with Crippen molar-refractivity contribution in [2.45, 2.75) is 31.7 Å². The molecule has 0 fully saturated rings. The number of aromatic nitrogens is 3. The highest BCUT2D eigenvalue weighted by Crippen LogP contribution is 2.42. The first-order valence-electron chi connectivity index (χ1n) is 10.7. The second-order valence-electron chi connectivity index (χ2n) is 9.02. The van der Waals surface area contributed by atoms with E-state index in [0.717, 1.165) is 18.2 Å². The molecule has 1 aliphatic rings. The van der Waals surface area contributed by atoms with Gasteiger partial charge in [-0.1, -0.05) is 6.07 Å². The number of carbonyl (C=O) groups excluding carboxylic acids is 1. The summed E-state index contributed by atoms with van der Waals surface area (Å²) >= 11 is 0. The number of nitrogens with zero attached hydrogens (tertiary/aromatic N) is 4. The molecule has 1 aliphatic heterocycles. The van der Waals surface area contributed by atoms with Gasteiger partial charge in [0.2, 0.25) is 0 Å². The van der Waals surface area contributed by atoms with Crippen molar-refractivity contribution in [1.82, 2.24) is 19.3 Å². The highest BCUT2D eigenvalue weighted by atomic mass is 19.4. The fourth-order valence-electron chi connectivity index (χ4n) is 4.51. The number of fused-ring (bicyclic) bond motifs is 4. The average molecular weight is 487 g/mol. The van der Waals surface area contributed by atoms with Crippen LogP contribution in [0.15, 0.2) is 42.9 Å². The van der Waals surface area contributed by atoms with E-state index in [4.69, 9.17) is 10.5 Å². The minimum Gasteiger partial charge on any atom is -0.382 e. The Kier molecular flexibility index (Phi) is 5.03.